The Morgan fingerprint density at radius 3 is 2.47 bits per heavy atom. The minimum absolute atomic E-state index is 0.00555. The minimum atomic E-state index is -3.39. The molecule has 0 fully saturated rings. The molecule has 1 N–H and O–H groups in total. The van der Waals surface area contributed by atoms with Gasteiger partial charge in [0.15, 0.2) is 0 Å². The van der Waals surface area contributed by atoms with E-state index in [0.29, 0.717) is 12.1 Å². The lowest BCUT2D eigenvalue weighted by Crippen LogP contribution is -2.34. The quantitative estimate of drug-likeness (QED) is 0.831. The van der Waals surface area contributed by atoms with E-state index in [1.807, 2.05) is 19.1 Å². The number of carbonyl (C=O) groups is 1. The van der Waals surface area contributed by atoms with Gasteiger partial charge in [-0.25, -0.2) is 8.42 Å². The van der Waals surface area contributed by atoms with Crippen molar-refractivity contribution in [3.8, 4) is 0 Å². The maximum absolute atomic E-state index is 12.1. The van der Waals surface area contributed by atoms with Gasteiger partial charge < -0.3 is 5.11 Å². The number of rotatable bonds is 7. The van der Waals surface area contributed by atoms with E-state index in [4.69, 9.17) is 5.11 Å². The Bertz CT molecular complexity index is 539. The third-order valence-electron chi connectivity index (χ3n) is 2.84. The minimum Gasteiger partial charge on any atom is -0.481 e. The molecule has 5 nitrogen and oxygen atoms in total. The van der Waals surface area contributed by atoms with E-state index in [-0.39, 0.29) is 18.7 Å². The first-order valence-corrected chi connectivity index (χ1v) is 7.77. The molecule has 6 heteroatoms. The molecular weight excluding hydrogens is 266 g/mol. The Balaban J connectivity index is 3.00. The van der Waals surface area contributed by atoms with Crippen molar-refractivity contribution in [1.29, 1.82) is 0 Å². The highest BCUT2D eigenvalue weighted by Gasteiger charge is 2.21. The Hall–Kier alpha value is -1.56. The van der Waals surface area contributed by atoms with Crippen molar-refractivity contribution in [3.63, 3.8) is 0 Å². The lowest BCUT2D eigenvalue weighted by molar-refractivity contribution is -0.137. The van der Waals surface area contributed by atoms with E-state index in [9.17, 15) is 13.2 Å². The largest absolute Gasteiger partial charge is 0.481 e. The highest BCUT2D eigenvalue weighted by molar-refractivity contribution is 7.92. The summed E-state index contributed by atoms with van der Waals surface area (Å²) in [5, 5.41) is 8.64. The van der Waals surface area contributed by atoms with E-state index in [2.05, 4.69) is 0 Å². The molecule has 0 heterocycles. The van der Waals surface area contributed by atoms with E-state index < -0.39 is 16.0 Å². The van der Waals surface area contributed by atoms with Crippen molar-refractivity contribution in [1.82, 2.24) is 0 Å². The van der Waals surface area contributed by atoms with Gasteiger partial charge in [-0.1, -0.05) is 18.2 Å². The summed E-state index contributed by atoms with van der Waals surface area (Å²) in [6, 6.07) is 7.19. The summed E-state index contributed by atoms with van der Waals surface area (Å²) < 4.78 is 25.5. The highest BCUT2D eigenvalue weighted by Crippen LogP contribution is 2.23. The van der Waals surface area contributed by atoms with Crippen molar-refractivity contribution in [2.24, 2.45) is 0 Å². The van der Waals surface area contributed by atoms with E-state index >= 15 is 0 Å². The van der Waals surface area contributed by atoms with Crippen molar-refractivity contribution < 1.29 is 18.3 Å². The molecule has 0 unspecified atom stereocenters. The van der Waals surface area contributed by atoms with Crippen LogP contribution in [0, 0.1) is 6.92 Å². The monoisotopic (exact) mass is 285 g/mol. The van der Waals surface area contributed by atoms with Gasteiger partial charge in [0.2, 0.25) is 10.0 Å². The molecule has 0 saturated heterocycles. The SMILES string of the molecule is CCS(=O)(=O)N(CCCC(=O)O)c1ccccc1C. The second-order valence-corrected chi connectivity index (χ2v) is 6.44. The zero-order chi connectivity index (χ0) is 14.5. The molecule has 0 aliphatic heterocycles. The number of benzene rings is 1. The summed E-state index contributed by atoms with van der Waals surface area (Å²) in [5.74, 6) is -0.923. The Morgan fingerprint density at radius 1 is 1.32 bits per heavy atom. The molecule has 0 amide bonds. The van der Waals surface area contributed by atoms with Gasteiger partial charge in [0.1, 0.15) is 0 Å². The standard InChI is InChI=1S/C13H19NO4S/c1-3-19(17,18)14(10-6-9-13(15)16)12-8-5-4-7-11(12)2/h4-5,7-8H,3,6,9-10H2,1-2H3,(H,15,16). The molecule has 0 aliphatic carbocycles. The van der Waals surface area contributed by atoms with Crippen LogP contribution in [-0.2, 0) is 14.8 Å². The molecule has 1 aromatic rings. The summed E-state index contributed by atoms with van der Waals surface area (Å²) in [6.45, 7) is 3.61. The molecule has 0 spiro atoms. The molecule has 1 aromatic carbocycles. The summed E-state index contributed by atoms with van der Waals surface area (Å²) >= 11 is 0. The number of carboxylic acid groups (broad SMARTS) is 1. The zero-order valence-electron chi connectivity index (χ0n) is 11.2. The summed E-state index contributed by atoms with van der Waals surface area (Å²) in [5.41, 5.74) is 1.48. The molecule has 0 aliphatic rings. The second kappa shape index (κ2) is 6.56. The number of anilines is 1. The highest BCUT2D eigenvalue weighted by atomic mass is 32.2. The van der Waals surface area contributed by atoms with E-state index in [1.165, 1.54) is 4.31 Å². The molecule has 19 heavy (non-hydrogen) atoms. The van der Waals surface area contributed by atoms with Crippen LogP contribution in [0.4, 0.5) is 5.69 Å². The first kappa shape index (κ1) is 15.5. The molecule has 106 valence electrons. The molecule has 0 bridgehead atoms. The van der Waals surface area contributed by atoms with Gasteiger partial charge in [-0.3, -0.25) is 9.10 Å². The van der Waals surface area contributed by atoms with Gasteiger partial charge in [0.05, 0.1) is 11.4 Å². The van der Waals surface area contributed by atoms with Crippen LogP contribution in [0.2, 0.25) is 0 Å². The number of para-hydroxylation sites is 1. The fraction of sp³-hybridized carbons (Fsp3) is 0.462. The normalized spacial score (nSPS) is 11.3. The molecule has 0 saturated carbocycles. The van der Waals surface area contributed by atoms with Crippen molar-refractivity contribution >= 4 is 21.7 Å². The van der Waals surface area contributed by atoms with Crippen molar-refractivity contribution in [3.05, 3.63) is 29.8 Å². The van der Waals surface area contributed by atoms with E-state index in [1.54, 1.807) is 19.1 Å². The number of aliphatic carboxylic acids is 1. The predicted octanol–water partition coefficient (Wildman–Crippen LogP) is 2.02. The number of hydrogen-bond acceptors (Lipinski definition) is 3. The third kappa shape index (κ3) is 4.24. The van der Waals surface area contributed by atoms with Gasteiger partial charge >= 0.3 is 5.97 Å². The smallest absolute Gasteiger partial charge is 0.303 e. The number of hydrogen-bond donors (Lipinski definition) is 1. The van der Waals surface area contributed by atoms with Crippen LogP contribution in [0.15, 0.2) is 24.3 Å². The van der Waals surface area contributed by atoms with Crippen LogP contribution in [0.25, 0.3) is 0 Å². The van der Waals surface area contributed by atoms with Crippen LogP contribution in [0.3, 0.4) is 0 Å². The van der Waals surface area contributed by atoms with Gasteiger partial charge in [-0.15, -0.1) is 0 Å². The molecule has 0 aromatic heterocycles. The maximum Gasteiger partial charge on any atom is 0.303 e. The van der Waals surface area contributed by atoms with Gasteiger partial charge in [-0.05, 0) is 31.9 Å². The Labute approximate surface area is 113 Å². The average molecular weight is 285 g/mol. The number of nitrogens with zero attached hydrogens (tertiary/aromatic N) is 1. The Kier molecular flexibility index (Phi) is 5.35. The number of sulfonamides is 1. The van der Waals surface area contributed by atoms with Crippen LogP contribution < -0.4 is 4.31 Å². The molecular formula is C13H19NO4S. The topological polar surface area (TPSA) is 74.7 Å². The van der Waals surface area contributed by atoms with Crippen LogP contribution in [0.1, 0.15) is 25.3 Å². The van der Waals surface area contributed by atoms with Crippen molar-refractivity contribution in [2.75, 3.05) is 16.6 Å². The lowest BCUT2D eigenvalue weighted by Gasteiger charge is -2.25. The average Bonchev–Trinajstić information content (AvgIpc) is 2.35. The second-order valence-electron chi connectivity index (χ2n) is 4.26. The van der Waals surface area contributed by atoms with Gasteiger partial charge in [0, 0.05) is 13.0 Å². The number of aryl methyl sites for hydroxylation is 1. The van der Waals surface area contributed by atoms with Crippen molar-refractivity contribution in [2.45, 2.75) is 26.7 Å². The van der Waals surface area contributed by atoms with Crippen LogP contribution >= 0.6 is 0 Å². The first-order chi connectivity index (χ1) is 8.88. The molecule has 0 radical (unpaired) electrons. The predicted molar refractivity (Wildman–Crippen MR) is 74.9 cm³/mol. The maximum atomic E-state index is 12.1. The third-order valence-corrected chi connectivity index (χ3v) is 4.62. The van der Waals surface area contributed by atoms with E-state index in [0.717, 1.165) is 5.56 Å². The zero-order valence-corrected chi connectivity index (χ0v) is 12.0. The number of carboxylic acids is 1. The summed E-state index contributed by atoms with van der Waals surface area (Å²) in [4.78, 5) is 10.5. The fourth-order valence-electron chi connectivity index (χ4n) is 1.78. The summed E-state index contributed by atoms with van der Waals surface area (Å²) in [7, 11) is -3.39. The van der Waals surface area contributed by atoms with Gasteiger partial charge in [0.25, 0.3) is 0 Å². The Morgan fingerprint density at radius 2 is 1.95 bits per heavy atom. The van der Waals surface area contributed by atoms with Gasteiger partial charge in [-0.2, -0.15) is 0 Å². The van der Waals surface area contributed by atoms with Crippen LogP contribution in [-0.4, -0.2) is 31.8 Å². The molecule has 1 rings (SSSR count). The lowest BCUT2D eigenvalue weighted by atomic mass is 10.2. The summed E-state index contributed by atoms with van der Waals surface area (Å²) in [6.07, 6.45) is 0.254. The van der Waals surface area contributed by atoms with Crippen LogP contribution in [0.5, 0.6) is 0 Å². The first-order valence-electron chi connectivity index (χ1n) is 6.16. The fourth-order valence-corrected chi connectivity index (χ4v) is 3.01. The molecule has 0 atom stereocenters.